The molecule has 0 bridgehead atoms. The van der Waals surface area contributed by atoms with Crippen molar-refractivity contribution >= 4 is 11.7 Å². The lowest BCUT2D eigenvalue weighted by molar-refractivity contribution is 0.0622. The quantitative estimate of drug-likeness (QED) is 0.916. The first kappa shape index (κ1) is 14.6. The van der Waals surface area contributed by atoms with Crippen molar-refractivity contribution in [1.82, 2.24) is 19.6 Å². The summed E-state index contributed by atoms with van der Waals surface area (Å²) >= 11 is 0. The molecule has 2 aromatic rings. The number of nitrogens with zero attached hydrogens (tertiary/aromatic N) is 4. The van der Waals surface area contributed by atoms with Crippen molar-refractivity contribution in [2.24, 2.45) is 7.05 Å². The fourth-order valence-electron chi connectivity index (χ4n) is 2.70. The molecular formula is C16H21N5O. The molecule has 6 heteroatoms. The van der Waals surface area contributed by atoms with Crippen molar-refractivity contribution in [2.75, 3.05) is 31.9 Å². The van der Waals surface area contributed by atoms with Crippen LogP contribution in [0.3, 0.4) is 0 Å². The van der Waals surface area contributed by atoms with Crippen LogP contribution in [0.4, 0.5) is 5.82 Å². The molecule has 0 unspecified atom stereocenters. The van der Waals surface area contributed by atoms with E-state index in [1.807, 2.05) is 11.0 Å². The Morgan fingerprint density at radius 3 is 2.45 bits per heavy atom. The third-order valence-electron chi connectivity index (χ3n) is 4.04. The highest BCUT2D eigenvalue weighted by atomic mass is 16.2. The summed E-state index contributed by atoms with van der Waals surface area (Å²) in [6.07, 6.45) is 0. The Bertz CT molecular complexity index is 624. The van der Waals surface area contributed by atoms with Crippen LogP contribution < -0.4 is 5.73 Å². The van der Waals surface area contributed by atoms with Crippen LogP contribution in [-0.4, -0.2) is 51.7 Å². The minimum absolute atomic E-state index is 0.0355. The molecule has 1 saturated heterocycles. The minimum atomic E-state index is -0.0355. The van der Waals surface area contributed by atoms with E-state index < -0.39 is 0 Å². The van der Waals surface area contributed by atoms with Crippen LogP contribution in [-0.2, 0) is 13.6 Å². The van der Waals surface area contributed by atoms with Crippen LogP contribution in [0.1, 0.15) is 16.1 Å². The highest BCUT2D eigenvalue weighted by Gasteiger charge is 2.24. The molecule has 1 amide bonds. The van der Waals surface area contributed by atoms with Crippen molar-refractivity contribution in [3.63, 3.8) is 0 Å². The lowest BCUT2D eigenvalue weighted by Gasteiger charge is -2.34. The SMILES string of the molecule is Cn1nc(C(=O)N2CCN(Cc3ccccc3)CC2)cc1N. The number of anilines is 1. The third-order valence-corrected chi connectivity index (χ3v) is 4.04. The Kier molecular flexibility index (Phi) is 4.11. The maximum atomic E-state index is 12.4. The van der Waals surface area contributed by atoms with Gasteiger partial charge in [-0.2, -0.15) is 5.10 Å². The predicted octanol–water partition coefficient (Wildman–Crippen LogP) is 0.960. The van der Waals surface area contributed by atoms with E-state index in [9.17, 15) is 4.79 Å². The predicted molar refractivity (Wildman–Crippen MR) is 85.2 cm³/mol. The molecule has 1 fully saturated rings. The molecule has 1 aromatic heterocycles. The Labute approximate surface area is 130 Å². The van der Waals surface area contributed by atoms with Gasteiger partial charge in [0.15, 0.2) is 5.69 Å². The molecule has 3 rings (SSSR count). The standard InChI is InChI=1S/C16H21N5O/c1-19-15(17)11-14(18-19)16(22)21-9-7-20(8-10-21)12-13-5-3-2-4-6-13/h2-6,11H,7-10,12,17H2,1H3. The monoisotopic (exact) mass is 299 g/mol. The van der Waals surface area contributed by atoms with Crippen LogP contribution in [0.25, 0.3) is 0 Å². The lowest BCUT2D eigenvalue weighted by atomic mass is 10.2. The van der Waals surface area contributed by atoms with Crippen molar-refractivity contribution in [3.8, 4) is 0 Å². The number of carbonyl (C=O) groups excluding carboxylic acids is 1. The van der Waals surface area contributed by atoms with E-state index in [1.165, 1.54) is 10.2 Å². The molecule has 0 spiro atoms. The molecule has 6 nitrogen and oxygen atoms in total. The molecule has 22 heavy (non-hydrogen) atoms. The van der Waals surface area contributed by atoms with Gasteiger partial charge in [0.25, 0.3) is 5.91 Å². The number of amides is 1. The number of nitrogens with two attached hydrogens (primary N) is 1. The van der Waals surface area contributed by atoms with Gasteiger partial charge >= 0.3 is 0 Å². The van der Waals surface area contributed by atoms with Gasteiger partial charge in [0.05, 0.1) is 0 Å². The summed E-state index contributed by atoms with van der Waals surface area (Å²) in [4.78, 5) is 16.6. The number of hydrogen-bond acceptors (Lipinski definition) is 4. The maximum Gasteiger partial charge on any atom is 0.274 e. The largest absolute Gasteiger partial charge is 0.384 e. The number of hydrogen-bond donors (Lipinski definition) is 1. The van der Waals surface area contributed by atoms with E-state index in [4.69, 9.17) is 5.73 Å². The Morgan fingerprint density at radius 1 is 1.18 bits per heavy atom. The molecule has 0 saturated carbocycles. The molecule has 1 aromatic carbocycles. The lowest BCUT2D eigenvalue weighted by Crippen LogP contribution is -2.48. The number of benzene rings is 1. The van der Waals surface area contributed by atoms with Gasteiger partial charge in [0.2, 0.25) is 0 Å². The second-order valence-corrected chi connectivity index (χ2v) is 5.63. The zero-order valence-corrected chi connectivity index (χ0v) is 12.8. The molecule has 0 atom stereocenters. The van der Waals surface area contributed by atoms with E-state index in [1.54, 1.807) is 13.1 Å². The van der Waals surface area contributed by atoms with Gasteiger partial charge in [0, 0.05) is 45.8 Å². The first-order valence-electron chi connectivity index (χ1n) is 7.48. The fraction of sp³-hybridized carbons (Fsp3) is 0.375. The first-order chi connectivity index (χ1) is 10.6. The topological polar surface area (TPSA) is 67.4 Å². The number of piperazine rings is 1. The fourth-order valence-corrected chi connectivity index (χ4v) is 2.70. The molecule has 1 aliphatic rings. The third kappa shape index (κ3) is 3.12. The highest BCUT2D eigenvalue weighted by molar-refractivity contribution is 5.93. The summed E-state index contributed by atoms with van der Waals surface area (Å²) < 4.78 is 1.53. The Morgan fingerprint density at radius 2 is 1.86 bits per heavy atom. The van der Waals surface area contributed by atoms with Gasteiger partial charge in [-0.15, -0.1) is 0 Å². The van der Waals surface area contributed by atoms with Crippen LogP contribution in [0.15, 0.2) is 36.4 Å². The molecule has 116 valence electrons. The van der Waals surface area contributed by atoms with E-state index in [2.05, 4.69) is 34.3 Å². The normalized spacial score (nSPS) is 16.0. The van der Waals surface area contributed by atoms with Crippen molar-refractivity contribution in [1.29, 1.82) is 0 Å². The number of rotatable bonds is 3. The molecule has 1 aliphatic heterocycles. The van der Waals surface area contributed by atoms with Crippen LogP contribution >= 0.6 is 0 Å². The molecule has 0 radical (unpaired) electrons. The summed E-state index contributed by atoms with van der Waals surface area (Å²) in [6, 6.07) is 12.0. The van der Waals surface area contributed by atoms with Crippen molar-refractivity contribution in [2.45, 2.75) is 6.54 Å². The van der Waals surface area contributed by atoms with Gasteiger partial charge in [-0.1, -0.05) is 30.3 Å². The van der Waals surface area contributed by atoms with Gasteiger partial charge < -0.3 is 10.6 Å². The first-order valence-corrected chi connectivity index (χ1v) is 7.48. The van der Waals surface area contributed by atoms with Gasteiger partial charge in [0.1, 0.15) is 5.82 Å². The maximum absolute atomic E-state index is 12.4. The average molecular weight is 299 g/mol. The van der Waals surface area contributed by atoms with E-state index >= 15 is 0 Å². The second kappa shape index (κ2) is 6.19. The van der Waals surface area contributed by atoms with Crippen molar-refractivity contribution in [3.05, 3.63) is 47.7 Å². The molecule has 2 heterocycles. The summed E-state index contributed by atoms with van der Waals surface area (Å²) in [5.74, 6) is 0.470. The summed E-state index contributed by atoms with van der Waals surface area (Å²) in [6.45, 7) is 4.13. The van der Waals surface area contributed by atoms with Gasteiger partial charge in [-0.3, -0.25) is 14.4 Å². The van der Waals surface area contributed by atoms with E-state index in [-0.39, 0.29) is 5.91 Å². The van der Waals surface area contributed by atoms with Crippen LogP contribution in [0, 0.1) is 0 Å². The number of carbonyl (C=O) groups is 1. The number of aryl methyl sites for hydroxylation is 1. The van der Waals surface area contributed by atoms with Crippen molar-refractivity contribution < 1.29 is 4.79 Å². The molecule has 0 aliphatic carbocycles. The zero-order valence-electron chi connectivity index (χ0n) is 12.8. The van der Waals surface area contributed by atoms with Gasteiger partial charge in [-0.25, -0.2) is 0 Å². The summed E-state index contributed by atoms with van der Waals surface area (Å²) in [7, 11) is 1.74. The molecular weight excluding hydrogens is 278 g/mol. The second-order valence-electron chi connectivity index (χ2n) is 5.63. The summed E-state index contributed by atoms with van der Waals surface area (Å²) in [5.41, 5.74) is 7.47. The highest BCUT2D eigenvalue weighted by Crippen LogP contribution is 2.12. The van der Waals surface area contributed by atoms with Gasteiger partial charge in [-0.05, 0) is 5.56 Å². The number of aromatic nitrogens is 2. The Hall–Kier alpha value is -2.34. The number of nitrogen functional groups attached to an aromatic ring is 1. The van der Waals surface area contributed by atoms with E-state index in [0.717, 1.165) is 32.7 Å². The van der Waals surface area contributed by atoms with Crippen LogP contribution in [0.5, 0.6) is 0 Å². The minimum Gasteiger partial charge on any atom is -0.384 e. The summed E-state index contributed by atoms with van der Waals surface area (Å²) in [5, 5.41) is 4.16. The molecule has 2 N–H and O–H groups in total. The smallest absolute Gasteiger partial charge is 0.274 e. The van der Waals surface area contributed by atoms with E-state index in [0.29, 0.717) is 11.5 Å². The Balaban J connectivity index is 1.56. The van der Waals surface area contributed by atoms with Crippen LogP contribution in [0.2, 0.25) is 0 Å². The average Bonchev–Trinajstić information content (AvgIpc) is 2.88. The zero-order chi connectivity index (χ0) is 15.5.